The molecular weight excluding hydrogens is 272 g/mol. The molecule has 7 heteroatoms. The lowest BCUT2D eigenvalue weighted by molar-refractivity contribution is 0.0515. The zero-order chi connectivity index (χ0) is 14.6. The van der Waals surface area contributed by atoms with E-state index in [-0.39, 0.29) is 29.9 Å². The summed E-state index contributed by atoms with van der Waals surface area (Å²) in [5.41, 5.74) is 1.27. The minimum absolute atomic E-state index is 0.00546. The maximum absolute atomic E-state index is 12.3. The number of nitrogens with zero attached hydrogens (tertiary/aromatic N) is 4. The van der Waals surface area contributed by atoms with Crippen LogP contribution in [0.1, 0.15) is 45.8 Å². The Morgan fingerprint density at radius 2 is 2.29 bits per heavy atom. The highest BCUT2D eigenvalue weighted by Gasteiger charge is 2.56. The Labute approximate surface area is 120 Å². The topological polar surface area (TPSA) is 87.0 Å². The molecule has 0 aromatic carbocycles. The summed E-state index contributed by atoms with van der Waals surface area (Å²) in [5, 5.41) is 4.27. The molecule has 1 saturated carbocycles. The van der Waals surface area contributed by atoms with Gasteiger partial charge in [0.2, 0.25) is 0 Å². The molecule has 1 fully saturated rings. The van der Waals surface area contributed by atoms with Gasteiger partial charge in [-0.15, -0.1) is 0 Å². The zero-order valence-corrected chi connectivity index (χ0v) is 11.3. The Bertz CT molecular complexity index is 753. The first-order chi connectivity index (χ1) is 10.2. The van der Waals surface area contributed by atoms with Gasteiger partial charge < -0.3 is 4.74 Å². The monoisotopic (exact) mass is 284 g/mol. The van der Waals surface area contributed by atoms with Crippen LogP contribution in [0.25, 0.3) is 5.82 Å². The van der Waals surface area contributed by atoms with Crippen molar-refractivity contribution in [3.63, 3.8) is 0 Å². The van der Waals surface area contributed by atoms with Gasteiger partial charge in [0.25, 0.3) is 0 Å². The minimum atomic E-state index is -0.564. The number of carbonyl (C=O) groups excluding carboxylic acids is 2. The van der Waals surface area contributed by atoms with Crippen LogP contribution in [0.4, 0.5) is 0 Å². The maximum atomic E-state index is 12.3. The van der Waals surface area contributed by atoms with Crippen molar-refractivity contribution in [1.82, 2.24) is 19.7 Å². The van der Waals surface area contributed by atoms with E-state index in [9.17, 15) is 9.59 Å². The lowest BCUT2D eigenvalue weighted by Crippen LogP contribution is -2.11. The third-order valence-corrected chi connectivity index (χ3v) is 3.88. The van der Waals surface area contributed by atoms with Crippen molar-refractivity contribution in [2.75, 3.05) is 6.61 Å². The van der Waals surface area contributed by atoms with Crippen molar-refractivity contribution in [3.8, 4) is 5.82 Å². The molecule has 2 heterocycles. The average molecular weight is 284 g/mol. The van der Waals surface area contributed by atoms with Crippen molar-refractivity contribution in [2.24, 2.45) is 5.92 Å². The smallest absolute Gasteiger partial charge is 0.359 e. The number of Topliss-reactive ketones (excluding diaryl/α,β-unsaturated/α-hetero) is 1. The van der Waals surface area contributed by atoms with Gasteiger partial charge in [-0.2, -0.15) is 5.10 Å². The van der Waals surface area contributed by atoms with Crippen LogP contribution in [0.2, 0.25) is 0 Å². The standard InChI is InChI=1S/C14H12N4O3/c1-2-21-14(20)11-10-12(7-5-8(7)13(10)19)18(17-11)9-6-15-3-4-16-9/h3-4,6-8H,2,5H2,1H3/t7-,8+/m0/s1. The molecule has 4 rings (SSSR count). The van der Waals surface area contributed by atoms with E-state index in [2.05, 4.69) is 15.1 Å². The van der Waals surface area contributed by atoms with E-state index >= 15 is 0 Å². The highest BCUT2D eigenvalue weighted by atomic mass is 16.5. The normalized spacial score (nSPS) is 21.9. The SMILES string of the molecule is CCOC(=O)c1nn(-c2cnccn2)c2c1C(=O)[C@@H]1C[C@H]21. The highest BCUT2D eigenvalue weighted by Crippen LogP contribution is 2.57. The molecule has 0 aliphatic heterocycles. The Hall–Kier alpha value is -2.57. The molecular formula is C14H12N4O3. The fourth-order valence-corrected chi connectivity index (χ4v) is 2.91. The lowest BCUT2D eigenvalue weighted by Gasteiger charge is -2.03. The summed E-state index contributed by atoms with van der Waals surface area (Å²) in [6, 6.07) is 0. The van der Waals surface area contributed by atoms with E-state index in [0.29, 0.717) is 11.4 Å². The molecule has 0 saturated heterocycles. The summed E-state index contributed by atoms with van der Waals surface area (Å²) in [7, 11) is 0. The van der Waals surface area contributed by atoms with Crippen LogP contribution in [0.15, 0.2) is 18.6 Å². The molecule has 0 N–H and O–H groups in total. The zero-order valence-electron chi connectivity index (χ0n) is 11.3. The Balaban J connectivity index is 1.90. The molecule has 2 aliphatic rings. The number of carbonyl (C=O) groups is 2. The number of hydrogen-bond donors (Lipinski definition) is 0. The lowest BCUT2D eigenvalue weighted by atomic mass is 10.1. The first-order valence-corrected chi connectivity index (χ1v) is 6.83. The van der Waals surface area contributed by atoms with Crippen molar-refractivity contribution < 1.29 is 14.3 Å². The number of fused-ring (bicyclic) bond motifs is 3. The molecule has 106 valence electrons. The van der Waals surface area contributed by atoms with E-state index in [0.717, 1.165) is 12.1 Å². The molecule has 0 radical (unpaired) electrons. The molecule has 2 aromatic rings. The number of esters is 1. The first kappa shape index (κ1) is 12.2. The Morgan fingerprint density at radius 1 is 1.43 bits per heavy atom. The van der Waals surface area contributed by atoms with E-state index in [1.54, 1.807) is 30.2 Å². The molecule has 7 nitrogen and oxygen atoms in total. The molecule has 0 bridgehead atoms. The number of ketones is 1. The molecule has 0 amide bonds. The third kappa shape index (κ3) is 1.63. The fourth-order valence-electron chi connectivity index (χ4n) is 2.91. The minimum Gasteiger partial charge on any atom is -0.461 e. The van der Waals surface area contributed by atoms with Gasteiger partial charge in [-0.05, 0) is 13.3 Å². The van der Waals surface area contributed by atoms with Gasteiger partial charge in [0.05, 0.1) is 24.1 Å². The average Bonchev–Trinajstić information content (AvgIpc) is 3.11. The van der Waals surface area contributed by atoms with Crippen LogP contribution in [0, 0.1) is 5.92 Å². The second-order valence-electron chi connectivity index (χ2n) is 5.12. The quantitative estimate of drug-likeness (QED) is 0.785. The van der Waals surface area contributed by atoms with Gasteiger partial charge >= 0.3 is 5.97 Å². The second kappa shape index (κ2) is 4.21. The number of aromatic nitrogens is 4. The van der Waals surface area contributed by atoms with Crippen molar-refractivity contribution in [3.05, 3.63) is 35.5 Å². The van der Waals surface area contributed by atoms with E-state index in [1.807, 2.05) is 0 Å². The van der Waals surface area contributed by atoms with E-state index < -0.39 is 5.97 Å². The molecule has 2 atom stereocenters. The van der Waals surface area contributed by atoms with Crippen LogP contribution in [-0.2, 0) is 4.74 Å². The van der Waals surface area contributed by atoms with Crippen molar-refractivity contribution >= 4 is 11.8 Å². The second-order valence-corrected chi connectivity index (χ2v) is 5.12. The predicted octanol–water partition coefficient (Wildman–Crippen LogP) is 1.14. The van der Waals surface area contributed by atoms with E-state index in [1.165, 1.54) is 0 Å². The fraction of sp³-hybridized carbons (Fsp3) is 0.357. The van der Waals surface area contributed by atoms with Crippen molar-refractivity contribution in [2.45, 2.75) is 19.3 Å². The maximum Gasteiger partial charge on any atom is 0.359 e. The number of ether oxygens (including phenoxy) is 1. The van der Waals surface area contributed by atoms with E-state index in [4.69, 9.17) is 4.74 Å². The first-order valence-electron chi connectivity index (χ1n) is 6.83. The number of rotatable bonds is 3. The van der Waals surface area contributed by atoms with Crippen molar-refractivity contribution in [1.29, 1.82) is 0 Å². The van der Waals surface area contributed by atoms with Gasteiger partial charge in [0.15, 0.2) is 17.3 Å². The van der Waals surface area contributed by atoms with Crippen LogP contribution >= 0.6 is 0 Å². The van der Waals surface area contributed by atoms with Gasteiger partial charge in [0, 0.05) is 24.2 Å². The van der Waals surface area contributed by atoms with Gasteiger partial charge in [-0.1, -0.05) is 0 Å². The molecule has 0 unspecified atom stereocenters. The highest BCUT2D eigenvalue weighted by molar-refractivity contribution is 6.12. The van der Waals surface area contributed by atoms with Gasteiger partial charge in [0.1, 0.15) is 0 Å². The molecule has 2 aliphatic carbocycles. The van der Waals surface area contributed by atoms with Crippen LogP contribution in [0.3, 0.4) is 0 Å². The summed E-state index contributed by atoms with van der Waals surface area (Å²) in [4.78, 5) is 32.6. The predicted molar refractivity (Wildman–Crippen MR) is 70.3 cm³/mol. The van der Waals surface area contributed by atoms with Gasteiger partial charge in [-0.3, -0.25) is 9.78 Å². The summed E-state index contributed by atoms with van der Waals surface area (Å²) < 4.78 is 6.56. The number of hydrogen-bond acceptors (Lipinski definition) is 6. The molecule has 0 spiro atoms. The largest absolute Gasteiger partial charge is 0.461 e. The van der Waals surface area contributed by atoms with Gasteiger partial charge in [-0.25, -0.2) is 14.5 Å². The van der Waals surface area contributed by atoms with Crippen LogP contribution in [-0.4, -0.2) is 38.1 Å². The summed E-state index contributed by atoms with van der Waals surface area (Å²) in [6.07, 6.45) is 5.49. The Morgan fingerprint density at radius 3 is 3.00 bits per heavy atom. The summed E-state index contributed by atoms with van der Waals surface area (Å²) in [5.74, 6) is 0.0724. The summed E-state index contributed by atoms with van der Waals surface area (Å²) in [6.45, 7) is 1.96. The Kier molecular flexibility index (Phi) is 2.44. The third-order valence-electron chi connectivity index (χ3n) is 3.88. The van der Waals surface area contributed by atoms with Crippen LogP contribution in [0.5, 0.6) is 0 Å². The van der Waals surface area contributed by atoms with Crippen LogP contribution < -0.4 is 0 Å². The molecule has 2 aromatic heterocycles. The molecule has 21 heavy (non-hydrogen) atoms. The summed E-state index contributed by atoms with van der Waals surface area (Å²) >= 11 is 0.